The minimum absolute atomic E-state index is 0.0370. The number of hydrogen-bond acceptors (Lipinski definition) is 3. The van der Waals surface area contributed by atoms with E-state index in [2.05, 4.69) is 5.32 Å². The van der Waals surface area contributed by atoms with Crippen LogP contribution in [0.25, 0.3) is 10.9 Å². The zero-order chi connectivity index (χ0) is 22.0. The minimum Gasteiger partial charge on any atom is -0.477 e. The summed E-state index contributed by atoms with van der Waals surface area (Å²) in [6, 6.07) is 22.2. The summed E-state index contributed by atoms with van der Waals surface area (Å²) in [6.07, 6.45) is -0.0370. The van der Waals surface area contributed by atoms with Gasteiger partial charge in [-0.1, -0.05) is 29.8 Å². The second-order valence-corrected chi connectivity index (χ2v) is 7.38. The average Bonchev–Trinajstić information content (AvgIpc) is 3.01. The molecule has 0 radical (unpaired) electrons. The SMILES string of the molecule is Cc1ccc2c(c1)c(CC(=O)Nc1ccc(Oc3ccccc3)cc1)c(C(=O)O)n2C. The van der Waals surface area contributed by atoms with Crippen molar-refractivity contribution >= 4 is 28.5 Å². The zero-order valence-corrected chi connectivity index (χ0v) is 17.3. The Bertz CT molecular complexity index is 1260. The summed E-state index contributed by atoms with van der Waals surface area (Å²) < 4.78 is 7.38. The molecule has 3 aromatic carbocycles. The van der Waals surface area contributed by atoms with Crippen LogP contribution >= 0.6 is 0 Å². The van der Waals surface area contributed by atoms with E-state index >= 15 is 0 Å². The Morgan fingerprint density at radius 1 is 0.968 bits per heavy atom. The fourth-order valence-corrected chi connectivity index (χ4v) is 3.68. The molecule has 0 saturated carbocycles. The number of anilines is 1. The monoisotopic (exact) mass is 414 g/mol. The molecule has 0 fully saturated rings. The number of carbonyl (C=O) groups excluding carboxylic acids is 1. The quantitative estimate of drug-likeness (QED) is 0.457. The number of benzene rings is 3. The lowest BCUT2D eigenvalue weighted by molar-refractivity contribution is -0.115. The molecule has 0 unspecified atom stereocenters. The number of aromatic carboxylic acids is 1. The van der Waals surface area contributed by atoms with Crippen LogP contribution in [0.1, 0.15) is 21.6 Å². The van der Waals surface area contributed by atoms with E-state index in [0.29, 0.717) is 17.0 Å². The summed E-state index contributed by atoms with van der Waals surface area (Å²) in [5.41, 5.74) is 3.04. The number of fused-ring (bicyclic) bond motifs is 1. The Hall–Kier alpha value is -4.06. The van der Waals surface area contributed by atoms with E-state index in [9.17, 15) is 14.7 Å². The first-order valence-corrected chi connectivity index (χ1v) is 9.86. The van der Waals surface area contributed by atoms with Crippen LogP contribution in [0.2, 0.25) is 0 Å². The average molecular weight is 414 g/mol. The van der Waals surface area contributed by atoms with Gasteiger partial charge in [-0.15, -0.1) is 0 Å². The first-order chi connectivity index (χ1) is 14.9. The zero-order valence-electron chi connectivity index (χ0n) is 17.3. The van der Waals surface area contributed by atoms with Gasteiger partial charge in [-0.2, -0.15) is 0 Å². The predicted molar refractivity (Wildman–Crippen MR) is 120 cm³/mol. The van der Waals surface area contributed by atoms with Gasteiger partial charge in [0.1, 0.15) is 17.2 Å². The Morgan fingerprint density at radius 3 is 2.32 bits per heavy atom. The molecule has 6 heteroatoms. The number of rotatable bonds is 6. The molecule has 0 aliphatic carbocycles. The number of ether oxygens (including phenoxy) is 1. The first-order valence-electron chi connectivity index (χ1n) is 9.86. The van der Waals surface area contributed by atoms with Crippen LogP contribution in [0.15, 0.2) is 72.8 Å². The molecule has 0 aliphatic rings. The normalized spacial score (nSPS) is 10.8. The Morgan fingerprint density at radius 2 is 1.65 bits per heavy atom. The molecule has 1 amide bonds. The summed E-state index contributed by atoms with van der Waals surface area (Å²) >= 11 is 0. The molecule has 156 valence electrons. The number of carboxylic acids is 1. The van der Waals surface area contributed by atoms with Crippen LogP contribution in [0.5, 0.6) is 11.5 Å². The van der Waals surface area contributed by atoms with E-state index in [-0.39, 0.29) is 18.0 Å². The third-order valence-corrected chi connectivity index (χ3v) is 5.12. The number of carboxylic acid groups (broad SMARTS) is 1. The highest BCUT2D eigenvalue weighted by Gasteiger charge is 2.22. The summed E-state index contributed by atoms with van der Waals surface area (Å²) in [5, 5.41) is 13.3. The van der Waals surface area contributed by atoms with Crippen LogP contribution in [0.3, 0.4) is 0 Å². The van der Waals surface area contributed by atoms with E-state index < -0.39 is 5.97 Å². The van der Waals surface area contributed by atoms with Gasteiger partial charge in [-0.25, -0.2) is 4.79 Å². The van der Waals surface area contributed by atoms with Gasteiger partial charge in [0.2, 0.25) is 5.91 Å². The number of para-hydroxylation sites is 1. The van der Waals surface area contributed by atoms with Gasteiger partial charge in [0.15, 0.2) is 0 Å². The number of nitrogens with one attached hydrogen (secondary N) is 1. The molecule has 1 heterocycles. The summed E-state index contributed by atoms with van der Waals surface area (Å²) in [7, 11) is 1.70. The number of hydrogen-bond donors (Lipinski definition) is 2. The third-order valence-electron chi connectivity index (χ3n) is 5.12. The van der Waals surface area contributed by atoms with E-state index in [1.807, 2.05) is 55.5 Å². The Labute approximate surface area is 179 Å². The van der Waals surface area contributed by atoms with Crippen LogP contribution in [-0.4, -0.2) is 21.6 Å². The fraction of sp³-hybridized carbons (Fsp3) is 0.120. The van der Waals surface area contributed by atoms with Crippen molar-refractivity contribution in [2.75, 3.05) is 5.32 Å². The van der Waals surface area contributed by atoms with E-state index in [4.69, 9.17) is 4.74 Å². The van der Waals surface area contributed by atoms with Gasteiger partial charge in [-0.3, -0.25) is 4.79 Å². The highest BCUT2D eigenvalue weighted by molar-refractivity contribution is 6.03. The molecule has 0 aliphatic heterocycles. The molecule has 1 aromatic heterocycles. The lowest BCUT2D eigenvalue weighted by Gasteiger charge is -2.09. The third kappa shape index (κ3) is 4.28. The van der Waals surface area contributed by atoms with Crippen molar-refractivity contribution in [2.24, 2.45) is 7.05 Å². The second kappa shape index (κ2) is 8.36. The van der Waals surface area contributed by atoms with E-state index in [1.54, 1.807) is 35.9 Å². The number of aromatic nitrogens is 1. The Kier molecular flexibility index (Phi) is 5.45. The van der Waals surface area contributed by atoms with Crippen molar-refractivity contribution in [1.82, 2.24) is 4.57 Å². The highest BCUT2D eigenvalue weighted by Crippen LogP contribution is 2.28. The molecule has 31 heavy (non-hydrogen) atoms. The molecule has 0 atom stereocenters. The van der Waals surface area contributed by atoms with Crippen molar-refractivity contribution in [3.8, 4) is 11.5 Å². The van der Waals surface area contributed by atoms with E-state index in [1.165, 1.54) is 0 Å². The summed E-state index contributed by atoms with van der Waals surface area (Å²) in [6.45, 7) is 1.94. The predicted octanol–water partition coefficient (Wildman–Crippen LogP) is 5.16. The van der Waals surface area contributed by atoms with Crippen molar-refractivity contribution in [3.05, 3.63) is 89.6 Å². The van der Waals surface area contributed by atoms with Gasteiger partial charge in [0.25, 0.3) is 0 Å². The molecule has 6 nitrogen and oxygen atoms in total. The van der Waals surface area contributed by atoms with Gasteiger partial charge in [-0.05, 0) is 55.5 Å². The van der Waals surface area contributed by atoms with Crippen LogP contribution in [0.4, 0.5) is 5.69 Å². The second-order valence-electron chi connectivity index (χ2n) is 7.38. The fourth-order valence-electron chi connectivity index (χ4n) is 3.68. The van der Waals surface area contributed by atoms with Crippen molar-refractivity contribution < 1.29 is 19.4 Å². The molecular formula is C25H22N2O4. The summed E-state index contributed by atoms with van der Waals surface area (Å²) in [5.74, 6) is 0.0448. The molecule has 0 saturated heterocycles. The Balaban J connectivity index is 1.53. The minimum atomic E-state index is -1.05. The van der Waals surface area contributed by atoms with Crippen molar-refractivity contribution in [1.29, 1.82) is 0 Å². The maximum atomic E-state index is 12.7. The van der Waals surface area contributed by atoms with Crippen molar-refractivity contribution in [3.63, 3.8) is 0 Å². The lowest BCUT2D eigenvalue weighted by Crippen LogP contribution is -2.17. The molecule has 2 N–H and O–H groups in total. The summed E-state index contributed by atoms with van der Waals surface area (Å²) in [4.78, 5) is 24.6. The van der Waals surface area contributed by atoms with Crippen LogP contribution in [0, 0.1) is 6.92 Å². The van der Waals surface area contributed by atoms with Crippen molar-refractivity contribution in [2.45, 2.75) is 13.3 Å². The molecule has 0 bridgehead atoms. The largest absolute Gasteiger partial charge is 0.477 e. The molecule has 4 aromatic rings. The number of aryl methyl sites for hydroxylation is 2. The van der Waals surface area contributed by atoms with Gasteiger partial charge in [0, 0.05) is 29.2 Å². The highest BCUT2D eigenvalue weighted by atomic mass is 16.5. The number of nitrogens with zero attached hydrogens (tertiary/aromatic N) is 1. The maximum Gasteiger partial charge on any atom is 0.352 e. The number of amides is 1. The lowest BCUT2D eigenvalue weighted by atomic mass is 10.0. The van der Waals surface area contributed by atoms with Crippen LogP contribution in [-0.2, 0) is 18.3 Å². The first kappa shape index (κ1) is 20.2. The van der Waals surface area contributed by atoms with Gasteiger partial charge in [0.05, 0.1) is 6.42 Å². The molecular weight excluding hydrogens is 392 g/mol. The molecule has 0 spiro atoms. The van der Waals surface area contributed by atoms with Gasteiger partial charge < -0.3 is 19.7 Å². The standard InChI is InChI=1S/C25H22N2O4/c1-16-8-13-22-20(14-16)21(24(25(29)30)27(22)2)15-23(28)26-17-9-11-19(12-10-17)31-18-6-4-3-5-7-18/h3-14H,15H2,1-2H3,(H,26,28)(H,29,30). The smallest absolute Gasteiger partial charge is 0.352 e. The topological polar surface area (TPSA) is 80.6 Å². The van der Waals surface area contributed by atoms with Crippen LogP contribution < -0.4 is 10.1 Å². The van der Waals surface area contributed by atoms with Gasteiger partial charge >= 0.3 is 5.97 Å². The maximum absolute atomic E-state index is 12.7. The molecule has 4 rings (SSSR count). The van der Waals surface area contributed by atoms with E-state index in [0.717, 1.165) is 22.2 Å². The number of carbonyl (C=O) groups is 2.